The molecule has 2 amide bonds. The summed E-state index contributed by atoms with van der Waals surface area (Å²) in [6, 6.07) is 16.1. The lowest BCUT2D eigenvalue weighted by Crippen LogP contribution is -2.46. The van der Waals surface area contributed by atoms with E-state index < -0.39 is 6.04 Å². The van der Waals surface area contributed by atoms with Gasteiger partial charge in [0.2, 0.25) is 0 Å². The van der Waals surface area contributed by atoms with E-state index in [0.29, 0.717) is 5.56 Å². The Morgan fingerprint density at radius 2 is 1.52 bits per heavy atom. The molecule has 5 heteroatoms. The molecule has 0 radical (unpaired) electrons. The van der Waals surface area contributed by atoms with Crippen molar-refractivity contribution in [1.29, 1.82) is 0 Å². The third-order valence-corrected chi connectivity index (χ3v) is 3.86. The molecule has 0 saturated heterocycles. The monoisotopic (exact) mass is 339 g/mol. The van der Waals surface area contributed by atoms with Crippen molar-refractivity contribution in [2.24, 2.45) is 0 Å². The fourth-order valence-electron chi connectivity index (χ4n) is 2.23. The van der Waals surface area contributed by atoms with E-state index in [1.807, 2.05) is 42.5 Å². The molecular weight excluding hydrogens is 314 g/mol. The predicted octanol–water partition coefficient (Wildman–Crippen LogP) is 3.25. The highest BCUT2D eigenvalue weighted by molar-refractivity contribution is 5.97. The van der Waals surface area contributed by atoms with Crippen molar-refractivity contribution in [2.75, 3.05) is 5.43 Å². The minimum absolute atomic E-state index is 0.0330. The van der Waals surface area contributed by atoms with Gasteiger partial charge in [-0.05, 0) is 42.2 Å². The Hall–Kier alpha value is -2.82. The van der Waals surface area contributed by atoms with E-state index in [1.54, 1.807) is 19.1 Å². The summed E-state index contributed by atoms with van der Waals surface area (Å²) in [7, 11) is 0. The largest absolute Gasteiger partial charge is 0.340 e. The molecule has 0 heterocycles. The average molecular weight is 339 g/mol. The summed E-state index contributed by atoms with van der Waals surface area (Å²) in [5.74, 6) is -0.591. The first-order valence-corrected chi connectivity index (χ1v) is 8.29. The second-order valence-corrected chi connectivity index (χ2v) is 7.00. The zero-order chi connectivity index (χ0) is 18.4. The number of hydrogen-bond acceptors (Lipinski definition) is 3. The van der Waals surface area contributed by atoms with E-state index >= 15 is 0 Å². The molecule has 2 rings (SSSR count). The van der Waals surface area contributed by atoms with Crippen LogP contribution in [0, 0.1) is 0 Å². The number of hydrogen-bond donors (Lipinski definition) is 3. The van der Waals surface area contributed by atoms with Crippen molar-refractivity contribution >= 4 is 17.5 Å². The Bertz CT molecular complexity index is 719. The van der Waals surface area contributed by atoms with Gasteiger partial charge in [-0.3, -0.25) is 20.4 Å². The molecule has 0 aliphatic heterocycles. The number of benzene rings is 2. The normalized spacial score (nSPS) is 12.2. The second kappa shape index (κ2) is 7.83. The highest BCUT2D eigenvalue weighted by Crippen LogP contribution is 2.22. The van der Waals surface area contributed by atoms with Crippen LogP contribution in [0.2, 0.25) is 0 Å². The second-order valence-electron chi connectivity index (χ2n) is 7.00. The molecule has 0 aliphatic carbocycles. The molecule has 1 atom stereocenters. The number of nitrogens with one attached hydrogen (secondary N) is 3. The topological polar surface area (TPSA) is 70.2 Å². The van der Waals surface area contributed by atoms with Gasteiger partial charge in [0, 0.05) is 5.56 Å². The van der Waals surface area contributed by atoms with Gasteiger partial charge in [-0.1, -0.05) is 51.1 Å². The summed E-state index contributed by atoms with van der Waals surface area (Å²) < 4.78 is 0. The van der Waals surface area contributed by atoms with Crippen LogP contribution < -0.4 is 16.2 Å². The van der Waals surface area contributed by atoms with Crippen molar-refractivity contribution in [3.8, 4) is 0 Å². The van der Waals surface area contributed by atoms with Crippen molar-refractivity contribution in [3.05, 3.63) is 65.7 Å². The molecule has 5 nitrogen and oxygen atoms in total. The molecule has 0 fully saturated rings. The van der Waals surface area contributed by atoms with E-state index in [-0.39, 0.29) is 17.2 Å². The van der Waals surface area contributed by atoms with Crippen molar-refractivity contribution < 1.29 is 9.59 Å². The summed E-state index contributed by atoms with van der Waals surface area (Å²) in [5.41, 5.74) is 7.88. The molecule has 2 aromatic carbocycles. The Kier molecular flexibility index (Phi) is 5.80. The van der Waals surface area contributed by atoms with Gasteiger partial charge in [-0.15, -0.1) is 0 Å². The number of carbonyl (C=O) groups is 2. The third kappa shape index (κ3) is 5.35. The smallest absolute Gasteiger partial charge is 0.260 e. The summed E-state index contributed by atoms with van der Waals surface area (Å²) in [4.78, 5) is 24.4. The quantitative estimate of drug-likeness (QED) is 0.733. The SMILES string of the molecule is CC(NC(=O)c1ccc(C(C)(C)C)cc1)C(=O)NNc1ccccc1. The van der Waals surface area contributed by atoms with Gasteiger partial charge in [0.25, 0.3) is 11.8 Å². The summed E-state index contributed by atoms with van der Waals surface area (Å²) in [5, 5.41) is 2.70. The van der Waals surface area contributed by atoms with Gasteiger partial charge in [-0.25, -0.2) is 0 Å². The molecule has 132 valence electrons. The van der Waals surface area contributed by atoms with E-state index in [9.17, 15) is 9.59 Å². The molecule has 25 heavy (non-hydrogen) atoms. The molecule has 3 N–H and O–H groups in total. The Morgan fingerprint density at radius 1 is 0.920 bits per heavy atom. The fourth-order valence-corrected chi connectivity index (χ4v) is 2.23. The highest BCUT2D eigenvalue weighted by Gasteiger charge is 2.18. The van der Waals surface area contributed by atoms with E-state index in [0.717, 1.165) is 11.3 Å². The van der Waals surface area contributed by atoms with E-state index in [2.05, 4.69) is 36.9 Å². The standard InChI is InChI=1S/C20H25N3O2/c1-14(18(24)23-22-17-8-6-5-7-9-17)21-19(25)15-10-12-16(13-11-15)20(2,3)4/h5-14,22H,1-4H3,(H,21,25)(H,23,24). The minimum Gasteiger partial charge on any atom is -0.340 e. The zero-order valence-corrected chi connectivity index (χ0v) is 15.1. The van der Waals surface area contributed by atoms with Crippen LogP contribution in [0.25, 0.3) is 0 Å². The number of hydrazine groups is 1. The van der Waals surface area contributed by atoms with Crippen LogP contribution in [-0.4, -0.2) is 17.9 Å². The number of carbonyl (C=O) groups excluding carboxylic acids is 2. The lowest BCUT2D eigenvalue weighted by Gasteiger charge is -2.19. The maximum Gasteiger partial charge on any atom is 0.260 e. The van der Waals surface area contributed by atoms with E-state index in [1.165, 1.54) is 0 Å². The molecular formula is C20H25N3O2. The molecule has 0 aliphatic rings. The minimum atomic E-state index is -0.661. The Balaban J connectivity index is 1.89. The maximum atomic E-state index is 12.3. The van der Waals surface area contributed by atoms with Crippen molar-refractivity contribution in [2.45, 2.75) is 39.2 Å². The molecule has 1 unspecified atom stereocenters. The van der Waals surface area contributed by atoms with Crippen LogP contribution in [-0.2, 0) is 10.2 Å². The summed E-state index contributed by atoms with van der Waals surface area (Å²) >= 11 is 0. The summed E-state index contributed by atoms with van der Waals surface area (Å²) in [6.45, 7) is 8.00. The van der Waals surface area contributed by atoms with Gasteiger partial charge in [0.1, 0.15) is 6.04 Å². The zero-order valence-electron chi connectivity index (χ0n) is 15.1. The molecule has 0 aromatic heterocycles. The van der Waals surface area contributed by atoms with Crippen LogP contribution in [0.3, 0.4) is 0 Å². The molecule has 2 aromatic rings. The van der Waals surface area contributed by atoms with Crippen LogP contribution >= 0.6 is 0 Å². The Labute approximate surface area is 148 Å². The lowest BCUT2D eigenvalue weighted by atomic mass is 9.86. The fraction of sp³-hybridized carbons (Fsp3) is 0.300. The number of rotatable bonds is 5. The maximum absolute atomic E-state index is 12.3. The average Bonchev–Trinajstić information content (AvgIpc) is 2.59. The van der Waals surface area contributed by atoms with Gasteiger partial charge >= 0.3 is 0 Å². The predicted molar refractivity (Wildman–Crippen MR) is 100 cm³/mol. The molecule has 0 bridgehead atoms. The molecule has 0 spiro atoms. The van der Waals surface area contributed by atoms with Crippen LogP contribution in [0.1, 0.15) is 43.6 Å². The number of amides is 2. The molecule has 0 saturated carbocycles. The first-order chi connectivity index (χ1) is 11.8. The lowest BCUT2D eigenvalue weighted by molar-refractivity contribution is -0.122. The van der Waals surface area contributed by atoms with Crippen molar-refractivity contribution in [3.63, 3.8) is 0 Å². The first kappa shape index (κ1) is 18.5. The number of anilines is 1. The third-order valence-electron chi connectivity index (χ3n) is 3.86. The van der Waals surface area contributed by atoms with Gasteiger partial charge in [-0.2, -0.15) is 0 Å². The highest BCUT2D eigenvalue weighted by atomic mass is 16.2. The summed E-state index contributed by atoms with van der Waals surface area (Å²) in [6.07, 6.45) is 0. The van der Waals surface area contributed by atoms with E-state index in [4.69, 9.17) is 0 Å². The Morgan fingerprint density at radius 3 is 2.08 bits per heavy atom. The van der Waals surface area contributed by atoms with Gasteiger partial charge in [0.15, 0.2) is 0 Å². The van der Waals surface area contributed by atoms with Gasteiger partial charge in [0.05, 0.1) is 5.69 Å². The van der Waals surface area contributed by atoms with Crippen molar-refractivity contribution in [1.82, 2.24) is 10.7 Å². The number of para-hydroxylation sites is 1. The van der Waals surface area contributed by atoms with Crippen LogP contribution in [0.5, 0.6) is 0 Å². The van der Waals surface area contributed by atoms with Crippen LogP contribution in [0.15, 0.2) is 54.6 Å². The van der Waals surface area contributed by atoms with Crippen LogP contribution in [0.4, 0.5) is 5.69 Å². The first-order valence-electron chi connectivity index (χ1n) is 8.29. The van der Waals surface area contributed by atoms with Gasteiger partial charge < -0.3 is 5.32 Å².